The van der Waals surface area contributed by atoms with Gasteiger partial charge >= 0.3 is 5.97 Å². The maximum absolute atomic E-state index is 11.7. The van der Waals surface area contributed by atoms with E-state index in [1.807, 2.05) is 6.92 Å². The summed E-state index contributed by atoms with van der Waals surface area (Å²) in [5, 5.41) is 11.2. The van der Waals surface area contributed by atoms with Crippen molar-refractivity contribution in [3.05, 3.63) is 18.2 Å². The number of rotatable bonds is 6. The maximum Gasteiger partial charge on any atom is 0.303 e. The van der Waals surface area contributed by atoms with E-state index in [2.05, 4.69) is 5.32 Å². The Kier molecular flexibility index (Phi) is 4.98. The highest BCUT2D eigenvalue weighted by Crippen LogP contribution is 2.34. The summed E-state index contributed by atoms with van der Waals surface area (Å²) in [5.74, 6) is -0.718. The zero-order chi connectivity index (χ0) is 16.1. The van der Waals surface area contributed by atoms with Crippen molar-refractivity contribution in [3.8, 4) is 5.75 Å². The molecule has 1 heterocycles. The van der Waals surface area contributed by atoms with Gasteiger partial charge in [-0.05, 0) is 25.5 Å². The first-order valence-corrected chi connectivity index (χ1v) is 7.10. The van der Waals surface area contributed by atoms with Crippen LogP contribution in [0.15, 0.2) is 18.2 Å². The van der Waals surface area contributed by atoms with Crippen LogP contribution in [-0.2, 0) is 14.4 Å². The van der Waals surface area contributed by atoms with Crippen molar-refractivity contribution in [2.45, 2.75) is 26.2 Å². The van der Waals surface area contributed by atoms with Crippen LogP contribution in [0.3, 0.4) is 0 Å². The van der Waals surface area contributed by atoms with E-state index in [0.29, 0.717) is 30.1 Å². The van der Waals surface area contributed by atoms with Gasteiger partial charge in [0.25, 0.3) is 5.91 Å². The highest BCUT2D eigenvalue weighted by atomic mass is 16.5. The minimum absolute atomic E-state index is 0.0170. The van der Waals surface area contributed by atoms with Crippen LogP contribution in [0.25, 0.3) is 0 Å². The summed E-state index contributed by atoms with van der Waals surface area (Å²) in [6.07, 6.45) is 0.402. The second-order valence-corrected chi connectivity index (χ2v) is 4.90. The third kappa shape index (κ3) is 3.75. The Bertz CT molecular complexity index is 600. The summed E-state index contributed by atoms with van der Waals surface area (Å²) in [5.41, 5.74) is 1.24. The van der Waals surface area contributed by atoms with Gasteiger partial charge in [-0.1, -0.05) is 0 Å². The lowest BCUT2D eigenvalue weighted by Gasteiger charge is -2.28. The Morgan fingerprint density at radius 1 is 1.36 bits per heavy atom. The van der Waals surface area contributed by atoms with Crippen LogP contribution in [-0.4, -0.2) is 36.0 Å². The molecule has 0 radical (unpaired) electrons. The minimum atomic E-state index is -0.917. The summed E-state index contributed by atoms with van der Waals surface area (Å²) in [6.45, 7) is 2.41. The van der Waals surface area contributed by atoms with Crippen molar-refractivity contribution in [3.63, 3.8) is 0 Å². The number of carboxylic acid groups (broad SMARTS) is 1. The first-order valence-electron chi connectivity index (χ1n) is 7.10. The summed E-state index contributed by atoms with van der Waals surface area (Å²) in [4.78, 5) is 35.5. The number of hydrogen-bond donors (Lipinski definition) is 2. The van der Waals surface area contributed by atoms with Crippen LogP contribution in [0.2, 0.25) is 0 Å². The molecule has 1 aliphatic heterocycles. The largest absolute Gasteiger partial charge is 0.481 e. The molecule has 7 nitrogen and oxygen atoms in total. The van der Waals surface area contributed by atoms with Crippen molar-refractivity contribution in [1.29, 1.82) is 0 Å². The Morgan fingerprint density at radius 2 is 2.14 bits per heavy atom. The van der Waals surface area contributed by atoms with Crippen LogP contribution in [0.4, 0.5) is 11.4 Å². The van der Waals surface area contributed by atoms with Gasteiger partial charge in [0.15, 0.2) is 6.61 Å². The zero-order valence-corrected chi connectivity index (χ0v) is 12.3. The Morgan fingerprint density at radius 3 is 2.82 bits per heavy atom. The number of benzene rings is 1. The van der Waals surface area contributed by atoms with Crippen molar-refractivity contribution >= 4 is 29.2 Å². The summed E-state index contributed by atoms with van der Waals surface area (Å²) >= 11 is 0. The van der Waals surface area contributed by atoms with Crippen LogP contribution in [0, 0.1) is 0 Å². The fourth-order valence-electron chi connectivity index (χ4n) is 2.25. The van der Waals surface area contributed by atoms with Crippen LogP contribution in [0.1, 0.15) is 26.2 Å². The average molecular weight is 306 g/mol. The van der Waals surface area contributed by atoms with Crippen LogP contribution in [0.5, 0.6) is 5.75 Å². The molecule has 1 aliphatic rings. The van der Waals surface area contributed by atoms with E-state index in [1.54, 1.807) is 23.1 Å². The number of carboxylic acids is 1. The standard InChI is InChI=1S/C15H18N2O5/c1-2-17-11-7-6-10(8-12(11)22-9-14(17)19)16-13(18)4-3-5-15(20)21/h6-8H,2-5,9H2,1H3,(H,16,18)(H,20,21). The van der Waals surface area contributed by atoms with Crippen molar-refractivity contribution < 1.29 is 24.2 Å². The van der Waals surface area contributed by atoms with Gasteiger partial charge in [0.1, 0.15) is 5.75 Å². The Balaban J connectivity index is 2.01. The number of nitrogens with one attached hydrogen (secondary N) is 1. The molecule has 2 N–H and O–H groups in total. The lowest BCUT2D eigenvalue weighted by Crippen LogP contribution is -2.38. The maximum atomic E-state index is 11.7. The van der Waals surface area contributed by atoms with Gasteiger partial charge in [-0.15, -0.1) is 0 Å². The van der Waals surface area contributed by atoms with E-state index in [0.717, 1.165) is 0 Å². The number of ether oxygens (including phenoxy) is 1. The number of aliphatic carboxylic acids is 1. The number of amides is 2. The van der Waals surface area contributed by atoms with E-state index in [1.165, 1.54) is 0 Å². The molecule has 1 aromatic rings. The summed E-state index contributed by atoms with van der Waals surface area (Å²) < 4.78 is 5.38. The van der Waals surface area contributed by atoms with Gasteiger partial charge in [0.05, 0.1) is 5.69 Å². The molecule has 118 valence electrons. The summed E-state index contributed by atoms with van der Waals surface area (Å²) in [7, 11) is 0. The molecule has 0 aromatic heterocycles. The van der Waals surface area contributed by atoms with Crippen molar-refractivity contribution in [2.75, 3.05) is 23.4 Å². The van der Waals surface area contributed by atoms with Gasteiger partial charge in [-0.3, -0.25) is 14.4 Å². The highest BCUT2D eigenvalue weighted by molar-refractivity contribution is 5.99. The third-order valence-electron chi connectivity index (χ3n) is 3.30. The van der Waals surface area contributed by atoms with E-state index in [4.69, 9.17) is 9.84 Å². The van der Waals surface area contributed by atoms with E-state index >= 15 is 0 Å². The Hall–Kier alpha value is -2.57. The fourth-order valence-corrected chi connectivity index (χ4v) is 2.25. The smallest absolute Gasteiger partial charge is 0.303 e. The monoisotopic (exact) mass is 306 g/mol. The zero-order valence-electron chi connectivity index (χ0n) is 12.3. The number of carbonyl (C=O) groups excluding carboxylic acids is 2. The molecule has 0 spiro atoms. The van der Waals surface area contributed by atoms with Gasteiger partial charge < -0.3 is 20.1 Å². The number of nitrogens with zero attached hydrogens (tertiary/aromatic N) is 1. The molecule has 0 fully saturated rings. The van der Waals surface area contributed by atoms with E-state index in [-0.39, 0.29) is 31.3 Å². The highest BCUT2D eigenvalue weighted by Gasteiger charge is 2.24. The van der Waals surface area contributed by atoms with Crippen LogP contribution < -0.4 is 15.0 Å². The topological polar surface area (TPSA) is 95.9 Å². The molecule has 0 saturated carbocycles. The third-order valence-corrected chi connectivity index (χ3v) is 3.30. The minimum Gasteiger partial charge on any atom is -0.481 e. The lowest BCUT2D eigenvalue weighted by molar-refractivity contribution is -0.137. The molecular weight excluding hydrogens is 288 g/mol. The predicted octanol–water partition coefficient (Wildman–Crippen LogP) is 1.63. The number of anilines is 2. The molecular formula is C15H18N2O5. The lowest BCUT2D eigenvalue weighted by atomic mass is 10.2. The molecule has 0 unspecified atom stereocenters. The fraction of sp³-hybridized carbons (Fsp3) is 0.400. The predicted molar refractivity (Wildman–Crippen MR) is 80.1 cm³/mol. The number of hydrogen-bond acceptors (Lipinski definition) is 4. The SMILES string of the molecule is CCN1C(=O)COc2cc(NC(=O)CCCC(=O)O)ccc21. The quantitative estimate of drug-likeness (QED) is 0.832. The van der Waals surface area contributed by atoms with Crippen LogP contribution >= 0.6 is 0 Å². The van der Waals surface area contributed by atoms with E-state index in [9.17, 15) is 14.4 Å². The van der Waals surface area contributed by atoms with Gasteiger partial charge in [0.2, 0.25) is 5.91 Å². The molecule has 22 heavy (non-hydrogen) atoms. The van der Waals surface area contributed by atoms with E-state index < -0.39 is 5.97 Å². The average Bonchev–Trinajstić information content (AvgIpc) is 2.47. The first-order chi connectivity index (χ1) is 10.5. The molecule has 7 heteroatoms. The molecule has 2 rings (SSSR count). The van der Waals surface area contributed by atoms with Gasteiger partial charge in [-0.2, -0.15) is 0 Å². The Labute approximate surface area is 127 Å². The number of fused-ring (bicyclic) bond motifs is 1. The number of carbonyl (C=O) groups is 3. The second kappa shape index (κ2) is 6.93. The van der Waals surface area contributed by atoms with Crippen molar-refractivity contribution in [1.82, 2.24) is 0 Å². The first kappa shape index (κ1) is 15.8. The normalized spacial score (nSPS) is 13.3. The summed E-state index contributed by atoms with van der Waals surface area (Å²) in [6, 6.07) is 5.08. The van der Waals surface area contributed by atoms with Gasteiger partial charge in [-0.25, -0.2) is 0 Å². The molecule has 2 amide bonds. The second-order valence-electron chi connectivity index (χ2n) is 4.90. The molecule has 1 aromatic carbocycles. The van der Waals surface area contributed by atoms with Gasteiger partial charge in [0, 0.05) is 31.1 Å². The molecule has 0 saturated heterocycles. The van der Waals surface area contributed by atoms with Crippen molar-refractivity contribution in [2.24, 2.45) is 0 Å². The molecule has 0 atom stereocenters. The number of likely N-dealkylation sites (N-methyl/N-ethyl adjacent to an activating group) is 1. The molecule has 0 aliphatic carbocycles. The molecule has 0 bridgehead atoms.